The smallest absolute Gasteiger partial charge is 0.106 e. The predicted octanol–water partition coefficient (Wildman–Crippen LogP) is 2.11. The topological polar surface area (TPSA) is 34.2 Å². The van der Waals surface area contributed by atoms with Crippen LogP contribution in [0.4, 0.5) is 0 Å². The van der Waals surface area contributed by atoms with Crippen LogP contribution in [-0.2, 0) is 11.3 Å². The van der Waals surface area contributed by atoms with E-state index in [1.165, 1.54) is 0 Å². The van der Waals surface area contributed by atoms with Gasteiger partial charge in [0.15, 0.2) is 0 Å². The van der Waals surface area contributed by atoms with Crippen molar-refractivity contribution in [3.8, 4) is 0 Å². The molecule has 1 saturated heterocycles. The molecule has 2 rings (SSSR count). The molecule has 1 aromatic rings. The highest BCUT2D eigenvalue weighted by atomic mass is 79.9. The van der Waals surface area contributed by atoms with Crippen LogP contribution in [0.3, 0.4) is 0 Å². The summed E-state index contributed by atoms with van der Waals surface area (Å²) in [5.41, 5.74) is 1.17. The van der Waals surface area contributed by atoms with E-state index in [0.717, 1.165) is 36.5 Å². The second kappa shape index (κ2) is 4.60. The van der Waals surface area contributed by atoms with Gasteiger partial charge in [0.1, 0.15) is 4.60 Å². The number of pyridine rings is 1. The van der Waals surface area contributed by atoms with E-state index in [1.807, 2.05) is 18.2 Å². The van der Waals surface area contributed by atoms with Crippen LogP contribution in [0.1, 0.15) is 19.0 Å². The van der Waals surface area contributed by atoms with Gasteiger partial charge in [-0.15, -0.1) is 0 Å². The summed E-state index contributed by atoms with van der Waals surface area (Å²) in [5.74, 6) is 0. The molecule has 4 heteroatoms. The summed E-state index contributed by atoms with van der Waals surface area (Å²) in [5, 5.41) is 3.49. The van der Waals surface area contributed by atoms with Crippen molar-refractivity contribution in [2.24, 2.45) is 0 Å². The number of rotatable bonds is 3. The number of hydrogen-bond acceptors (Lipinski definition) is 3. The van der Waals surface area contributed by atoms with Gasteiger partial charge in [0, 0.05) is 18.7 Å². The third-order valence-corrected chi connectivity index (χ3v) is 3.13. The Labute approximate surface area is 98.4 Å². The van der Waals surface area contributed by atoms with E-state index in [2.05, 4.69) is 33.2 Å². The summed E-state index contributed by atoms with van der Waals surface area (Å²) in [6.45, 7) is 4.63. The first-order chi connectivity index (χ1) is 7.18. The van der Waals surface area contributed by atoms with Crippen LogP contribution >= 0.6 is 15.9 Å². The van der Waals surface area contributed by atoms with Gasteiger partial charge >= 0.3 is 0 Å². The number of hydrogen-bond donors (Lipinski definition) is 1. The molecule has 2 heterocycles. The van der Waals surface area contributed by atoms with Crippen LogP contribution in [0.15, 0.2) is 22.8 Å². The highest BCUT2D eigenvalue weighted by Crippen LogP contribution is 2.18. The molecule has 15 heavy (non-hydrogen) atoms. The molecule has 1 fully saturated rings. The number of aromatic nitrogens is 1. The lowest BCUT2D eigenvalue weighted by Gasteiger charge is -2.23. The Hall–Kier alpha value is -0.450. The van der Waals surface area contributed by atoms with E-state index in [9.17, 15) is 0 Å². The number of nitrogens with one attached hydrogen (secondary N) is 1. The monoisotopic (exact) mass is 270 g/mol. The highest BCUT2D eigenvalue weighted by Gasteiger charge is 2.28. The van der Waals surface area contributed by atoms with Gasteiger partial charge in [-0.3, -0.25) is 0 Å². The number of ether oxygens (including phenoxy) is 1. The lowest BCUT2D eigenvalue weighted by molar-refractivity contribution is 0.171. The molecule has 0 saturated carbocycles. The molecule has 0 spiro atoms. The molecule has 0 bridgehead atoms. The SMILES string of the molecule is CC1(NCc2cccc(Br)n2)CCOC1. The lowest BCUT2D eigenvalue weighted by Crippen LogP contribution is -2.42. The fourth-order valence-corrected chi connectivity index (χ4v) is 2.04. The second-order valence-electron chi connectivity index (χ2n) is 4.17. The van der Waals surface area contributed by atoms with Gasteiger partial charge in [0.2, 0.25) is 0 Å². The van der Waals surface area contributed by atoms with E-state index in [0.29, 0.717) is 0 Å². The molecule has 0 aliphatic carbocycles. The molecule has 1 atom stereocenters. The largest absolute Gasteiger partial charge is 0.379 e. The lowest BCUT2D eigenvalue weighted by atomic mass is 10.0. The van der Waals surface area contributed by atoms with Crippen molar-refractivity contribution in [2.75, 3.05) is 13.2 Å². The Morgan fingerprint density at radius 2 is 2.47 bits per heavy atom. The number of nitrogens with zero attached hydrogens (tertiary/aromatic N) is 1. The Morgan fingerprint density at radius 3 is 3.13 bits per heavy atom. The zero-order chi connectivity index (χ0) is 10.7. The molecule has 0 aromatic carbocycles. The molecular formula is C11H15BrN2O. The van der Waals surface area contributed by atoms with Gasteiger partial charge in [-0.1, -0.05) is 6.07 Å². The molecule has 3 nitrogen and oxygen atoms in total. The zero-order valence-corrected chi connectivity index (χ0v) is 10.4. The molecular weight excluding hydrogens is 256 g/mol. The first-order valence-electron chi connectivity index (χ1n) is 5.12. The van der Waals surface area contributed by atoms with Crippen LogP contribution in [0.5, 0.6) is 0 Å². The van der Waals surface area contributed by atoms with Crippen LogP contribution in [0.25, 0.3) is 0 Å². The van der Waals surface area contributed by atoms with E-state index < -0.39 is 0 Å². The fraction of sp³-hybridized carbons (Fsp3) is 0.545. The molecule has 1 aliphatic heterocycles. The van der Waals surface area contributed by atoms with Crippen LogP contribution in [0.2, 0.25) is 0 Å². The van der Waals surface area contributed by atoms with Gasteiger partial charge in [-0.05, 0) is 41.4 Å². The summed E-state index contributed by atoms with van der Waals surface area (Å²) in [7, 11) is 0. The molecule has 1 aliphatic rings. The van der Waals surface area contributed by atoms with Crippen molar-refractivity contribution in [1.29, 1.82) is 0 Å². The van der Waals surface area contributed by atoms with Crippen molar-refractivity contribution in [3.63, 3.8) is 0 Å². The summed E-state index contributed by atoms with van der Waals surface area (Å²) in [6.07, 6.45) is 1.07. The summed E-state index contributed by atoms with van der Waals surface area (Å²) in [4.78, 5) is 4.38. The minimum Gasteiger partial charge on any atom is -0.379 e. The molecule has 82 valence electrons. The van der Waals surface area contributed by atoms with Crippen molar-refractivity contribution in [1.82, 2.24) is 10.3 Å². The molecule has 1 N–H and O–H groups in total. The van der Waals surface area contributed by atoms with Gasteiger partial charge in [0.25, 0.3) is 0 Å². The normalized spacial score (nSPS) is 25.7. The third kappa shape index (κ3) is 3.00. The van der Waals surface area contributed by atoms with E-state index in [1.54, 1.807) is 0 Å². The Bertz CT molecular complexity index is 337. The summed E-state index contributed by atoms with van der Waals surface area (Å²) >= 11 is 3.37. The molecule has 0 radical (unpaired) electrons. The maximum Gasteiger partial charge on any atom is 0.106 e. The van der Waals surface area contributed by atoms with Crippen molar-refractivity contribution in [2.45, 2.75) is 25.4 Å². The first kappa shape index (κ1) is 11.0. The van der Waals surface area contributed by atoms with Crippen LogP contribution in [0, 0.1) is 0 Å². The second-order valence-corrected chi connectivity index (χ2v) is 4.98. The highest BCUT2D eigenvalue weighted by molar-refractivity contribution is 9.10. The zero-order valence-electron chi connectivity index (χ0n) is 8.79. The van der Waals surface area contributed by atoms with Crippen LogP contribution < -0.4 is 5.32 Å². The Kier molecular flexibility index (Phi) is 3.38. The summed E-state index contributed by atoms with van der Waals surface area (Å²) < 4.78 is 6.26. The molecule has 0 amide bonds. The van der Waals surface area contributed by atoms with Gasteiger partial charge < -0.3 is 10.1 Å². The van der Waals surface area contributed by atoms with Gasteiger partial charge in [0.05, 0.1) is 12.3 Å². The Morgan fingerprint density at radius 1 is 1.60 bits per heavy atom. The number of halogens is 1. The molecule has 1 unspecified atom stereocenters. The minimum atomic E-state index is 0.115. The maximum atomic E-state index is 5.38. The first-order valence-corrected chi connectivity index (χ1v) is 5.91. The van der Waals surface area contributed by atoms with E-state index in [4.69, 9.17) is 4.74 Å². The average molecular weight is 271 g/mol. The fourth-order valence-electron chi connectivity index (χ4n) is 1.66. The van der Waals surface area contributed by atoms with Gasteiger partial charge in [-0.25, -0.2) is 4.98 Å². The minimum absolute atomic E-state index is 0.115. The van der Waals surface area contributed by atoms with Crippen LogP contribution in [-0.4, -0.2) is 23.7 Å². The van der Waals surface area contributed by atoms with E-state index >= 15 is 0 Å². The van der Waals surface area contributed by atoms with Crippen molar-refractivity contribution in [3.05, 3.63) is 28.5 Å². The third-order valence-electron chi connectivity index (χ3n) is 2.69. The van der Waals surface area contributed by atoms with Crippen molar-refractivity contribution >= 4 is 15.9 Å². The summed E-state index contributed by atoms with van der Waals surface area (Å²) in [6, 6.07) is 5.96. The maximum absolute atomic E-state index is 5.38. The molecule has 1 aromatic heterocycles. The van der Waals surface area contributed by atoms with E-state index in [-0.39, 0.29) is 5.54 Å². The Balaban J connectivity index is 1.92. The standard InChI is InChI=1S/C11H15BrN2O/c1-11(5-6-15-8-11)13-7-9-3-2-4-10(12)14-9/h2-4,13H,5-8H2,1H3. The predicted molar refractivity (Wildman–Crippen MR) is 62.6 cm³/mol. The quantitative estimate of drug-likeness (QED) is 0.855. The van der Waals surface area contributed by atoms with Crippen molar-refractivity contribution < 1.29 is 4.74 Å². The average Bonchev–Trinajstić information content (AvgIpc) is 2.63. The van der Waals surface area contributed by atoms with Gasteiger partial charge in [-0.2, -0.15) is 0 Å².